The molecule has 0 radical (unpaired) electrons. The molecular weight excluding hydrogens is 254 g/mol. The molecule has 1 atom stereocenters. The predicted molar refractivity (Wildman–Crippen MR) is 80.8 cm³/mol. The Hall–Kier alpha value is -2.01. The van der Waals surface area contributed by atoms with E-state index in [0.717, 1.165) is 22.3 Å². The van der Waals surface area contributed by atoms with E-state index in [1.165, 1.54) is 0 Å². The first-order valence-electron chi connectivity index (χ1n) is 6.64. The van der Waals surface area contributed by atoms with E-state index in [2.05, 4.69) is 10.3 Å². The van der Waals surface area contributed by atoms with Crippen LogP contribution >= 0.6 is 0 Å². The lowest BCUT2D eigenvalue weighted by molar-refractivity contribution is 0.179. The summed E-state index contributed by atoms with van der Waals surface area (Å²) >= 11 is 0. The topological polar surface area (TPSA) is 72.8 Å². The molecule has 1 unspecified atom stereocenters. The number of ether oxygens (including phenoxy) is 1. The van der Waals surface area contributed by atoms with Crippen molar-refractivity contribution in [1.29, 1.82) is 0 Å². The number of hydrogen-bond acceptors (Lipinski definition) is 3. The molecule has 108 valence electrons. The van der Waals surface area contributed by atoms with E-state index >= 15 is 0 Å². The van der Waals surface area contributed by atoms with Crippen LogP contribution < -0.4 is 11.1 Å². The lowest BCUT2D eigenvalue weighted by Gasteiger charge is -2.12. The summed E-state index contributed by atoms with van der Waals surface area (Å²) in [7, 11) is 1.66. The van der Waals surface area contributed by atoms with E-state index in [4.69, 9.17) is 14.9 Å². The number of nitrogens with one attached hydrogen (secondary N) is 1. The van der Waals surface area contributed by atoms with Crippen molar-refractivity contribution in [2.45, 2.75) is 26.4 Å². The van der Waals surface area contributed by atoms with E-state index in [0.29, 0.717) is 19.1 Å². The number of aryl methyl sites for hydroxylation is 1. The van der Waals surface area contributed by atoms with Gasteiger partial charge in [-0.3, -0.25) is 0 Å². The van der Waals surface area contributed by atoms with Crippen molar-refractivity contribution in [2.75, 3.05) is 13.7 Å². The van der Waals surface area contributed by atoms with Crippen molar-refractivity contribution in [3.8, 4) is 0 Å². The molecular formula is C15H21N3O2. The molecule has 5 heteroatoms. The van der Waals surface area contributed by atoms with Crippen molar-refractivity contribution in [3.05, 3.63) is 35.6 Å². The fourth-order valence-electron chi connectivity index (χ4n) is 2.12. The van der Waals surface area contributed by atoms with Crippen LogP contribution in [0.3, 0.4) is 0 Å². The van der Waals surface area contributed by atoms with Crippen LogP contribution in [0.5, 0.6) is 0 Å². The highest BCUT2D eigenvalue weighted by Crippen LogP contribution is 2.25. The summed E-state index contributed by atoms with van der Waals surface area (Å²) in [6.07, 6.45) is 0. The van der Waals surface area contributed by atoms with Crippen molar-refractivity contribution in [1.82, 2.24) is 5.32 Å². The Kier molecular flexibility index (Phi) is 4.63. The monoisotopic (exact) mass is 275 g/mol. The highest BCUT2D eigenvalue weighted by molar-refractivity contribution is 5.82. The minimum atomic E-state index is 0.125. The van der Waals surface area contributed by atoms with E-state index < -0.39 is 0 Å². The van der Waals surface area contributed by atoms with Crippen LogP contribution in [0.15, 0.2) is 33.7 Å². The van der Waals surface area contributed by atoms with Crippen molar-refractivity contribution < 1.29 is 9.15 Å². The van der Waals surface area contributed by atoms with Gasteiger partial charge in [0.1, 0.15) is 17.9 Å². The molecule has 0 fully saturated rings. The molecule has 20 heavy (non-hydrogen) atoms. The van der Waals surface area contributed by atoms with Gasteiger partial charge in [0.15, 0.2) is 5.96 Å². The fourth-order valence-corrected chi connectivity index (χ4v) is 2.12. The van der Waals surface area contributed by atoms with E-state index in [9.17, 15) is 0 Å². The third-order valence-electron chi connectivity index (χ3n) is 3.15. The zero-order valence-corrected chi connectivity index (χ0v) is 12.1. The summed E-state index contributed by atoms with van der Waals surface area (Å²) < 4.78 is 10.8. The van der Waals surface area contributed by atoms with Crippen molar-refractivity contribution in [3.63, 3.8) is 0 Å². The van der Waals surface area contributed by atoms with Gasteiger partial charge in [0.2, 0.25) is 0 Å². The summed E-state index contributed by atoms with van der Waals surface area (Å²) in [6, 6.07) is 8.09. The number of aliphatic imine (C=N–C) groups is 1. The van der Waals surface area contributed by atoms with Crippen LogP contribution in [0, 0.1) is 6.92 Å². The normalized spacial score (nSPS) is 13.7. The molecule has 0 saturated heterocycles. The second-order valence-electron chi connectivity index (χ2n) is 4.85. The van der Waals surface area contributed by atoms with Gasteiger partial charge in [0.05, 0.1) is 6.61 Å². The fraction of sp³-hybridized carbons (Fsp3) is 0.400. The largest absolute Gasteiger partial charge is 0.459 e. The van der Waals surface area contributed by atoms with Crippen LogP contribution in [-0.4, -0.2) is 25.7 Å². The summed E-state index contributed by atoms with van der Waals surface area (Å²) in [5.41, 5.74) is 7.84. The average Bonchev–Trinajstić information content (AvgIpc) is 2.74. The SMILES string of the molecule is COCC(C)NC(N)=NCc1oc2ccccc2c1C. The molecule has 0 amide bonds. The number of fused-ring (bicyclic) bond motifs is 1. The van der Waals surface area contributed by atoms with Gasteiger partial charge in [-0.05, 0) is 19.9 Å². The van der Waals surface area contributed by atoms with E-state index in [1.807, 2.05) is 38.1 Å². The van der Waals surface area contributed by atoms with Crippen molar-refractivity contribution in [2.24, 2.45) is 10.7 Å². The summed E-state index contributed by atoms with van der Waals surface area (Å²) in [5, 5.41) is 4.19. The number of guanidine groups is 1. The van der Waals surface area contributed by atoms with Crippen LogP contribution in [0.2, 0.25) is 0 Å². The van der Waals surface area contributed by atoms with Gasteiger partial charge >= 0.3 is 0 Å². The minimum Gasteiger partial charge on any atom is -0.459 e. The van der Waals surface area contributed by atoms with Gasteiger partial charge in [0, 0.05) is 24.1 Å². The zero-order chi connectivity index (χ0) is 14.5. The Balaban J connectivity index is 2.06. The number of para-hydroxylation sites is 1. The standard InChI is InChI=1S/C15H21N3O2/c1-10(9-19-3)18-15(16)17-8-14-11(2)12-6-4-5-7-13(12)20-14/h4-7,10H,8-9H2,1-3H3,(H3,16,17,18). The Morgan fingerprint density at radius 2 is 2.20 bits per heavy atom. The molecule has 2 rings (SSSR count). The molecule has 1 heterocycles. The number of nitrogens with two attached hydrogens (primary N) is 1. The smallest absolute Gasteiger partial charge is 0.189 e. The van der Waals surface area contributed by atoms with Crippen LogP contribution in [0.4, 0.5) is 0 Å². The second kappa shape index (κ2) is 6.43. The number of methoxy groups -OCH3 is 1. The third kappa shape index (κ3) is 3.30. The second-order valence-corrected chi connectivity index (χ2v) is 4.85. The lowest BCUT2D eigenvalue weighted by atomic mass is 10.1. The van der Waals surface area contributed by atoms with E-state index in [-0.39, 0.29) is 6.04 Å². The first-order valence-corrected chi connectivity index (χ1v) is 6.64. The van der Waals surface area contributed by atoms with Gasteiger partial charge < -0.3 is 20.2 Å². The summed E-state index contributed by atoms with van der Waals surface area (Å²) in [5.74, 6) is 1.24. The van der Waals surface area contributed by atoms with Gasteiger partial charge in [-0.15, -0.1) is 0 Å². The number of nitrogens with zero attached hydrogens (tertiary/aromatic N) is 1. The number of hydrogen-bond donors (Lipinski definition) is 2. The molecule has 3 N–H and O–H groups in total. The predicted octanol–water partition coefficient (Wildman–Crippen LogP) is 2.18. The Labute approximate surface area is 118 Å². The van der Waals surface area contributed by atoms with Gasteiger partial charge in [-0.2, -0.15) is 0 Å². The first kappa shape index (κ1) is 14.4. The van der Waals surface area contributed by atoms with Crippen molar-refractivity contribution >= 4 is 16.9 Å². The highest BCUT2D eigenvalue weighted by atomic mass is 16.5. The number of rotatable bonds is 5. The van der Waals surface area contributed by atoms with Gasteiger partial charge in [-0.1, -0.05) is 18.2 Å². The maximum absolute atomic E-state index is 5.84. The first-order chi connectivity index (χ1) is 9.61. The lowest BCUT2D eigenvalue weighted by Crippen LogP contribution is -2.40. The Bertz CT molecular complexity index is 604. The minimum absolute atomic E-state index is 0.125. The zero-order valence-electron chi connectivity index (χ0n) is 12.1. The number of benzene rings is 1. The molecule has 1 aromatic heterocycles. The molecule has 1 aromatic carbocycles. The molecule has 2 aromatic rings. The summed E-state index contributed by atoms with van der Waals surface area (Å²) in [4.78, 5) is 4.31. The van der Waals surface area contributed by atoms with Crippen LogP contribution in [0.25, 0.3) is 11.0 Å². The third-order valence-corrected chi connectivity index (χ3v) is 3.15. The maximum Gasteiger partial charge on any atom is 0.189 e. The quantitative estimate of drug-likeness (QED) is 0.648. The van der Waals surface area contributed by atoms with Gasteiger partial charge in [0.25, 0.3) is 0 Å². The molecule has 0 saturated carbocycles. The summed E-state index contributed by atoms with van der Waals surface area (Å²) in [6.45, 7) is 5.03. The molecule has 5 nitrogen and oxygen atoms in total. The highest BCUT2D eigenvalue weighted by Gasteiger charge is 2.09. The van der Waals surface area contributed by atoms with Crippen LogP contribution in [-0.2, 0) is 11.3 Å². The molecule has 0 aliphatic carbocycles. The number of furan rings is 1. The Morgan fingerprint density at radius 3 is 2.90 bits per heavy atom. The average molecular weight is 275 g/mol. The van der Waals surface area contributed by atoms with Crippen LogP contribution in [0.1, 0.15) is 18.2 Å². The van der Waals surface area contributed by atoms with Gasteiger partial charge in [-0.25, -0.2) is 4.99 Å². The molecule has 0 bridgehead atoms. The maximum atomic E-state index is 5.84. The Morgan fingerprint density at radius 1 is 1.45 bits per heavy atom. The molecule has 0 spiro atoms. The molecule has 0 aliphatic rings. The molecule has 0 aliphatic heterocycles. The van der Waals surface area contributed by atoms with E-state index in [1.54, 1.807) is 7.11 Å².